The summed E-state index contributed by atoms with van der Waals surface area (Å²) in [6.07, 6.45) is 1.05. The van der Waals surface area contributed by atoms with Gasteiger partial charge in [0.25, 0.3) is 0 Å². The Balaban J connectivity index is 1.68. The molecule has 1 aliphatic heterocycles. The standard InChI is InChI=1S/C23H42N6/c1-5-24-23(26-14-15-29-18-16-28(6-2)17-19-29)25-13-12-21(3)27(4)20-22-10-8-7-9-11-22/h7-11,21H,5-6,12-20H2,1-4H3,(H2,24,25,26). The Kier molecular flexibility index (Phi) is 11.1. The maximum Gasteiger partial charge on any atom is 0.191 e. The molecule has 1 aromatic carbocycles. The molecule has 0 spiro atoms. The second kappa shape index (κ2) is 13.6. The van der Waals surface area contributed by atoms with Crippen molar-refractivity contribution in [1.82, 2.24) is 25.3 Å². The first-order valence-corrected chi connectivity index (χ1v) is 11.3. The van der Waals surface area contributed by atoms with Crippen molar-refractivity contribution in [2.45, 2.75) is 39.8 Å². The van der Waals surface area contributed by atoms with Crippen LogP contribution in [0.25, 0.3) is 0 Å². The van der Waals surface area contributed by atoms with Crippen molar-refractivity contribution in [2.75, 3.05) is 66.0 Å². The fourth-order valence-corrected chi connectivity index (χ4v) is 3.61. The van der Waals surface area contributed by atoms with E-state index in [2.05, 4.69) is 83.5 Å². The predicted octanol–water partition coefficient (Wildman–Crippen LogP) is 2.09. The first-order valence-electron chi connectivity index (χ1n) is 11.3. The van der Waals surface area contributed by atoms with Gasteiger partial charge in [-0.25, -0.2) is 0 Å². The number of hydrogen-bond donors (Lipinski definition) is 2. The molecule has 1 fully saturated rings. The first-order chi connectivity index (χ1) is 14.1. The van der Waals surface area contributed by atoms with Gasteiger partial charge in [-0.05, 0) is 39.4 Å². The maximum atomic E-state index is 4.79. The Hall–Kier alpha value is -1.63. The van der Waals surface area contributed by atoms with E-state index in [1.807, 2.05) is 0 Å². The van der Waals surface area contributed by atoms with E-state index in [-0.39, 0.29) is 0 Å². The monoisotopic (exact) mass is 402 g/mol. The molecule has 1 unspecified atom stereocenters. The molecule has 0 amide bonds. The summed E-state index contributed by atoms with van der Waals surface area (Å²) >= 11 is 0. The van der Waals surface area contributed by atoms with E-state index in [0.717, 1.165) is 45.1 Å². The predicted molar refractivity (Wildman–Crippen MR) is 125 cm³/mol. The highest BCUT2D eigenvalue weighted by Crippen LogP contribution is 2.08. The van der Waals surface area contributed by atoms with Crippen LogP contribution in [0.15, 0.2) is 35.3 Å². The number of hydrogen-bond acceptors (Lipinski definition) is 4. The summed E-state index contributed by atoms with van der Waals surface area (Å²) in [6.45, 7) is 17.3. The second-order valence-corrected chi connectivity index (χ2v) is 8.00. The van der Waals surface area contributed by atoms with Gasteiger partial charge in [-0.3, -0.25) is 14.8 Å². The molecule has 6 heteroatoms. The largest absolute Gasteiger partial charge is 0.357 e. The van der Waals surface area contributed by atoms with Gasteiger partial charge in [0, 0.05) is 64.9 Å². The summed E-state index contributed by atoms with van der Waals surface area (Å²) in [5.74, 6) is 0.942. The molecule has 2 N–H and O–H groups in total. The maximum absolute atomic E-state index is 4.79. The molecule has 1 atom stereocenters. The van der Waals surface area contributed by atoms with Crippen LogP contribution in [0.5, 0.6) is 0 Å². The van der Waals surface area contributed by atoms with E-state index >= 15 is 0 Å². The van der Waals surface area contributed by atoms with Crippen molar-refractivity contribution in [1.29, 1.82) is 0 Å². The van der Waals surface area contributed by atoms with Gasteiger partial charge in [0.05, 0.1) is 0 Å². The number of piperazine rings is 1. The molecular weight excluding hydrogens is 360 g/mol. The Bertz CT molecular complexity index is 568. The highest BCUT2D eigenvalue weighted by Gasteiger charge is 2.15. The van der Waals surface area contributed by atoms with Gasteiger partial charge < -0.3 is 15.5 Å². The smallest absolute Gasteiger partial charge is 0.191 e. The number of likely N-dealkylation sites (N-methyl/N-ethyl adjacent to an activating group) is 1. The average molecular weight is 403 g/mol. The second-order valence-electron chi connectivity index (χ2n) is 8.00. The van der Waals surface area contributed by atoms with Crippen LogP contribution in [0.2, 0.25) is 0 Å². The van der Waals surface area contributed by atoms with Crippen LogP contribution >= 0.6 is 0 Å². The zero-order chi connectivity index (χ0) is 20.9. The number of benzene rings is 1. The number of guanidine groups is 1. The van der Waals surface area contributed by atoms with Gasteiger partial charge in [0.2, 0.25) is 0 Å². The average Bonchev–Trinajstić information content (AvgIpc) is 2.74. The van der Waals surface area contributed by atoms with Gasteiger partial charge in [0.1, 0.15) is 0 Å². The van der Waals surface area contributed by atoms with Crippen molar-refractivity contribution in [3.8, 4) is 0 Å². The lowest BCUT2D eigenvalue weighted by Gasteiger charge is -2.34. The van der Waals surface area contributed by atoms with Crippen molar-refractivity contribution in [3.05, 3.63) is 35.9 Å². The van der Waals surface area contributed by atoms with Gasteiger partial charge in [0.15, 0.2) is 5.96 Å². The summed E-state index contributed by atoms with van der Waals surface area (Å²) in [5.41, 5.74) is 1.36. The van der Waals surface area contributed by atoms with Crippen LogP contribution in [-0.4, -0.2) is 92.7 Å². The van der Waals surface area contributed by atoms with Crippen LogP contribution in [0.1, 0.15) is 32.8 Å². The van der Waals surface area contributed by atoms with Gasteiger partial charge in [-0.1, -0.05) is 37.3 Å². The summed E-state index contributed by atoms with van der Waals surface area (Å²) in [6, 6.07) is 11.2. The minimum Gasteiger partial charge on any atom is -0.357 e. The Morgan fingerprint density at radius 3 is 2.41 bits per heavy atom. The molecule has 1 aliphatic rings. The van der Waals surface area contributed by atoms with Crippen molar-refractivity contribution in [3.63, 3.8) is 0 Å². The number of nitrogens with zero attached hydrogens (tertiary/aromatic N) is 4. The summed E-state index contributed by atoms with van der Waals surface area (Å²) in [7, 11) is 2.20. The van der Waals surface area contributed by atoms with E-state index in [9.17, 15) is 0 Å². The third-order valence-electron chi connectivity index (χ3n) is 5.82. The summed E-state index contributed by atoms with van der Waals surface area (Å²) in [4.78, 5) is 12.3. The van der Waals surface area contributed by atoms with E-state index in [1.165, 1.54) is 38.3 Å². The molecule has 1 saturated heterocycles. The molecule has 6 nitrogen and oxygen atoms in total. The third-order valence-corrected chi connectivity index (χ3v) is 5.82. The normalized spacial score (nSPS) is 17.5. The van der Waals surface area contributed by atoms with Gasteiger partial charge in [-0.15, -0.1) is 0 Å². The first kappa shape index (κ1) is 23.6. The molecule has 1 heterocycles. The fraction of sp³-hybridized carbons (Fsp3) is 0.696. The molecule has 29 heavy (non-hydrogen) atoms. The van der Waals surface area contributed by atoms with Crippen LogP contribution in [0, 0.1) is 0 Å². The Morgan fingerprint density at radius 2 is 1.76 bits per heavy atom. The SMILES string of the molecule is CCNC(=NCCC(C)N(C)Cc1ccccc1)NCCN1CCN(CC)CC1. The lowest BCUT2D eigenvalue weighted by Crippen LogP contribution is -2.49. The summed E-state index contributed by atoms with van der Waals surface area (Å²) in [5, 5.41) is 6.88. The minimum absolute atomic E-state index is 0.497. The Morgan fingerprint density at radius 1 is 1.07 bits per heavy atom. The number of aliphatic imine (C=N–C) groups is 1. The van der Waals surface area contributed by atoms with E-state index < -0.39 is 0 Å². The molecule has 164 valence electrons. The zero-order valence-corrected chi connectivity index (χ0v) is 19.0. The summed E-state index contributed by atoms with van der Waals surface area (Å²) < 4.78 is 0. The number of nitrogens with one attached hydrogen (secondary N) is 2. The highest BCUT2D eigenvalue weighted by atomic mass is 15.3. The highest BCUT2D eigenvalue weighted by molar-refractivity contribution is 5.79. The van der Waals surface area contributed by atoms with Crippen molar-refractivity contribution in [2.24, 2.45) is 4.99 Å². The van der Waals surface area contributed by atoms with E-state index in [0.29, 0.717) is 6.04 Å². The van der Waals surface area contributed by atoms with Crippen LogP contribution in [0.4, 0.5) is 0 Å². The van der Waals surface area contributed by atoms with E-state index in [4.69, 9.17) is 4.99 Å². The fourth-order valence-electron chi connectivity index (χ4n) is 3.61. The molecule has 0 saturated carbocycles. The molecule has 2 rings (SSSR count). The lowest BCUT2D eigenvalue weighted by molar-refractivity contribution is 0.139. The van der Waals surface area contributed by atoms with Crippen molar-refractivity contribution >= 4 is 5.96 Å². The number of rotatable bonds is 11. The quantitative estimate of drug-likeness (QED) is 0.438. The zero-order valence-electron chi connectivity index (χ0n) is 19.0. The molecular formula is C23H42N6. The third kappa shape index (κ3) is 9.15. The van der Waals surface area contributed by atoms with Crippen LogP contribution < -0.4 is 10.6 Å². The van der Waals surface area contributed by atoms with E-state index in [1.54, 1.807) is 0 Å². The lowest BCUT2D eigenvalue weighted by atomic mass is 10.1. The molecule has 1 aromatic rings. The molecule has 0 aromatic heterocycles. The van der Waals surface area contributed by atoms with Crippen LogP contribution in [0.3, 0.4) is 0 Å². The molecule has 0 aliphatic carbocycles. The van der Waals surface area contributed by atoms with Gasteiger partial charge in [-0.2, -0.15) is 0 Å². The molecule has 0 bridgehead atoms. The molecule has 0 radical (unpaired) electrons. The Labute approximate surface area is 178 Å². The van der Waals surface area contributed by atoms with Crippen LogP contribution in [-0.2, 0) is 6.54 Å². The van der Waals surface area contributed by atoms with Crippen molar-refractivity contribution < 1.29 is 0 Å². The minimum atomic E-state index is 0.497. The topological polar surface area (TPSA) is 46.1 Å². The van der Waals surface area contributed by atoms with Gasteiger partial charge >= 0.3 is 0 Å².